The molecule has 1 aromatic carbocycles. The molecule has 0 aliphatic heterocycles. The molecule has 84 valence electrons. The van der Waals surface area contributed by atoms with E-state index in [2.05, 4.69) is 12.2 Å². The summed E-state index contributed by atoms with van der Waals surface area (Å²) in [5, 5.41) is 3.40. The molecular formula is C12H19NO2. The Morgan fingerprint density at radius 3 is 2.33 bits per heavy atom. The van der Waals surface area contributed by atoms with E-state index in [0.29, 0.717) is 6.04 Å². The summed E-state index contributed by atoms with van der Waals surface area (Å²) in [6.45, 7) is 2.86. The number of nitrogens with one attached hydrogen (secondary N) is 1. The Kier molecular flexibility index (Phi) is 4.98. The van der Waals surface area contributed by atoms with E-state index in [9.17, 15) is 0 Å². The Balaban J connectivity index is 2.55. The summed E-state index contributed by atoms with van der Waals surface area (Å²) < 4.78 is 10.2. The van der Waals surface area contributed by atoms with Crippen molar-refractivity contribution >= 4 is 5.69 Å². The van der Waals surface area contributed by atoms with Crippen LogP contribution in [-0.2, 0) is 4.74 Å². The van der Waals surface area contributed by atoms with Crippen molar-refractivity contribution in [1.82, 2.24) is 0 Å². The molecule has 0 aliphatic carbocycles. The van der Waals surface area contributed by atoms with Crippen LogP contribution in [0.2, 0.25) is 0 Å². The average Bonchev–Trinajstić information content (AvgIpc) is 2.29. The van der Waals surface area contributed by atoms with Crippen LogP contribution >= 0.6 is 0 Å². The lowest BCUT2D eigenvalue weighted by atomic mass is 10.2. The lowest BCUT2D eigenvalue weighted by Gasteiger charge is -2.17. The standard InChI is InChI=1S/C12H19NO2/c1-4-10(9-14-2)13-11-5-7-12(15-3)8-6-11/h5-8,10,13H,4,9H2,1-3H3. The van der Waals surface area contributed by atoms with E-state index in [1.165, 1.54) is 0 Å². The molecular weight excluding hydrogens is 190 g/mol. The number of ether oxygens (including phenoxy) is 2. The maximum atomic E-state index is 5.12. The van der Waals surface area contributed by atoms with E-state index < -0.39 is 0 Å². The van der Waals surface area contributed by atoms with Gasteiger partial charge in [-0.05, 0) is 30.7 Å². The minimum Gasteiger partial charge on any atom is -0.497 e. The van der Waals surface area contributed by atoms with Crippen LogP contribution in [0.5, 0.6) is 5.75 Å². The molecule has 0 amide bonds. The lowest BCUT2D eigenvalue weighted by molar-refractivity contribution is 0.184. The highest BCUT2D eigenvalue weighted by Gasteiger charge is 2.04. The molecule has 3 nitrogen and oxygen atoms in total. The minimum atomic E-state index is 0.364. The summed E-state index contributed by atoms with van der Waals surface area (Å²) in [7, 11) is 3.39. The molecule has 0 radical (unpaired) electrons. The molecule has 0 bridgehead atoms. The van der Waals surface area contributed by atoms with Crippen molar-refractivity contribution in [2.75, 3.05) is 26.1 Å². The topological polar surface area (TPSA) is 30.5 Å². The first kappa shape index (κ1) is 11.9. The SMILES string of the molecule is CCC(COC)Nc1ccc(OC)cc1. The number of anilines is 1. The highest BCUT2D eigenvalue weighted by Crippen LogP contribution is 2.16. The Bertz CT molecular complexity index is 271. The fourth-order valence-corrected chi connectivity index (χ4v) is 1.39. The third-order valence-electron chi connectivity index (χ3n) is 2.32. The maximum absolute atomic E-state index is 5.12. The van der Waals surface area contributed by atoms with Gasteiger partial charge in [0, 0.05) is 18.8 Å². The Morgan fingerprint density at radius 2 is 1.87 bits per heavy atom. The van der Waals surface area contributed by atoms with Gasteiger partial charge in [0.05, 0.1) is 13.7 Å². The molecule has 0 aromatic heterocycles. The van der Waals surface area contributed by atoms with Gasteiger partial charge in [-0.1, -0.05) is 6.92 Å². The highest BCUT2D eigenvalue weighted by atomic mass is 16.5. The number of hydrogen-bond donors (Lipinski definition) is 1. The van der Waals surface area contributed by atoms with Crippen LogP contribution in [0.25, 0.3) is 0 Å². The van der Waals surface area contributed by atoms with E-state index in [1.807, 2.05) is 24.3 Å². The number of rotatable bonds is 6. The molecule has 0 fully saturated rings. The van der Waals surface area contributed by atoms with Crippen molar-refractivity contribution < 1.29 is 9.47 Å². The molecule has 1 N–H and O–H groups in total. The summed E-state index contributed by atoms with van der Waals surface area (Å²) in [5.41, 5.74) is 1.10. The number of methoxy groups -OCH3 is 2. The Morgan fingerprint density at radius 1 is 1.20 bits per heavy atom. The predicted octanol–water partition coefficient (Wildman–Crippen LogP) is 2.53. The van der Waals surface area contributed by atoms with Gasteiger partial charge in [-0.15, -0.1) is 0 Å². The van der Waals surface area contributed by atoms with Crippen molar-refractivity contribution in [2.24, 2.45) is 0 Å². The van der Waals surface area contributed by atoms with E-state index in [1.54, 1.807) is 14.2 Å². The lowest BCUT2D eigenvalue weighted by Crippen LogP contribution is -2.23. The van der Waals surface area contributed by atoms with Crippen LogP contribution in [-0.4, -0.2) is 26.9 Å². The predicted molar refractivity (Wildman–Crippen MR) is 62.6 cm³/mol. The summed E-state index contributed by atoms with van der Waals surface area (Å²) in [6.07, 6.45) is 1.04. The smallest absolute Gasteiger partial charge is 0.119 e. The zero-order chi connectivity index (χ0) is 11.1. The van der Waals surface area contributed by atoms with Gasteiger partial charge in [-0.3, -0.25) is 0 Å². The van der Waals surface area contributed by atoms with Crippen LogP contribution < -0.4 is 10.1 Å². The van der Waals surface area contributed by atoms with Gasteiger partial charge < -0.3 is 14.8 Å². The molecule has 1 aromatic rings. The molecule has 1 rings (SSSR count). The summed E-state index contributed by atoms with van der Waals surface area (Å²) in [6, 6.07) is 8.28. The molecule has 1 atom stereocenters. The summed E-state index contributed by atoms with van der Waals surface area (Å²) >= 11 is 0. The molecule has 15 heavy (non-hydrogen) atoms. The van der Waals surface area contributed by atoms with Gasteiger partial charge in [0.2, 0.25) is 0 Å². The van der Waals surface area contributed by atoms with Crippen LogP contribution in [0.1, 0.15) is 13.3 Å². The monoisotopic (exact) mass is 209 g/mol. The van der Waals surface area contributed by atoms with Gasteiger partial charge in [0.1, 0.15) is 5.75 Å². The van der Waals surface area contributed by atoms with E-state index in [0.717, 1.165) is 24.5 Å². The molecule has 0 saturated carbocycles. The average molecular weight is 209 g/mol. The van der Waals surface area contributed by atoms with Crippen molar-refractivity contribution in [3.05, 3.63) is 24.3 Å². The Labute approximate surface area is 91.4 Å². The molecule has 1 unspecified atom stereocenters. The maximum Gasteiger partial charge on any atom is 0.119 e. The third kappa shape index (κ3) is 3.80. The van der Waals surface area contributed by atoms with Crippen LogP contribution in [0, 0.1) is 0 Å². The van der Waals surface area contributed by atoms with Crippen molar-refractivity contribution in [3.8, 4) is 5.75 Å². The molecule has 0 saturated heterocycles. The van der Waals surface area contributed by atoms with E-state index in [4.69, 9.17) is 9.47 Å². The quantitative estimate of drug-likeness (QED) is 0.781. The molecule has 0 aliphatic rings. The second kappa shape index (κ2) is 6.30. The zero-order valence-corrected chi connectivity index (χ0v) is 9.62. The molecule has 0 spiro atoms. The fraction of sp³-hybridized carbons (Fsp3) is 0.500. The van der Waals surface area contributed by atoms with Gasteiger partial charge in [-0.25, -0.2) is 0 Å². The van der Waals surface area contributed by atoms with Gasteiger partial charge in [0.15, 0.2) is 0 Å². The van der Waals surface area contributed by atoms with Crippen LogP contribution in [0.15, 0.2) is 24.3 Å². The second-order valence-electron chi connectivity index (χ2n) is 3.43. The number of hydrogen-bond acceptors (Lipinski definition) is 3. The van der Waals surface area contributed by atoms with Crippen molar-refractivity contribution in [3.63, 3.8) is 0 Å². The molecule has 0 heterocycles. The minimum absolute atomic E-state index is 0.364. The molecule has 3 heteroatoms. The normalized spacial score (nSPS) is 12.2. The number of benzene rings is 1. The largest absolute Gasteiger partial charge is 0.497 e. The Hall–Kier alpha value is -1.22. The fourth-order valence-electron chi connectivity index (χ4n) is 1.39. The summed E-state index contributed by atoms with van der Waals surface area (Å²) in [5.74, 6) is 0.875. The van der Waals surface area contributed by atoms with Gasteiger partial charge in [-0.2, -0.15) is 0 Å². The van der Waals surface area contributed by atoms with Crippen LogP contribution in [0.3, 0.4) is 0 Å². The first-order valence-electron chi connectivity index (χ1n) is 5.19. The second-order valence-corrected chi connectivity index (χ2v) is 3.43. The third-order valence-corrected chi connectivity index (χ3v) is 2.32. The van der Waals surface area contributed by atoms with Gasteiger partial charge in [0.25, 0.3) is 0 Å². The zero-order valence-electron chi connectivity index (χ0n) is 9.62. The van der Waals surface area contributed by atoms with Gasteiger partial charge >= 0.3 is 0 Å². The van der Waals surface area contributed by atoms with Crippen LogP contribution in [0.4, 0.5) is 5.69 Å². The van der Waals surface area contributed by atoms with E-state index >= 15 is 0 Å². The van der Waals surface area contributed by atoms with Crippen molar-refractivity contribution in [2.45, 2.75) is 19.4 Å². The summed E-state index contributed by atoms with van der Waals surface area (Å²) in [4.78, 5) is 0. The first-order chi connectivity index (χ1) is 7.30. The first-order valence-corrected chi connectivity index (χ1v) is 5.19. The van der Waals surface area contributed by atoms with Crippen molar-refractivity contribution in [1.29, 1.82) is 0 Å². The van der Waals surface area contributed by atoms with E-state index in [-0.39, 0.29) is 0 Å². The highest BCUT2D eigenvalue weighted by molar-refractivity contribution is 5.47.